The minimum atomic E-state index is -6.15. The number of imide groups is 1. The van der Waals surface area contributed by atoms with Crippen molar-refractivity contribution in [2.45, 2.75) is 43.5 Å². The van der Waals surface area contributed by atoms with E-state index in [1.54, 1.807) is 17.5 Å². The molecule has 3 atom stereocenters. The Morgan fingerprint density at radius 2 is 1.25 bits per heavy atom. The molecule has 2 unspecified atom stereocenters. The van der Waals surface area contributed by atoms with Crippen molar-refractivity contribution in [3.05, 3.63) is 141 Å². The molecule has 18 heteroatoms. The highest BCUT2D eigenvalue weighted by molar-refractivity contribution is 6.21. The number of carbonyl (C=O) groups excluding carboxylic acids is 3. The topological polar surface area (TPSA) is 80.2 Å². The third-order valence-electron chi connectivity index (χ3n) is 12.0. The molecule has 2 heterocycles. The number of fused-ring (bicyclic) bond motifs is 2. The van der Waals surface area contributed by atoms with E-state index >= 15 is 26.3 Å². The van der Waals surface area contributed by atoms with Gasteiger partial charge in [0.15, 0.2) is 0 Å². The molecule has 2 amide bonds. The molecule has 0 saturated heterocycles. The molecule has 5 aromatic rings. The van der Waals surface area contributed by atoms with Crippen molar-refractivity contribution in [3.63, 3.8) is 0 Å². The summed E-state index contributed by atoms with van der Waals surface area (Å²) in [7, 11) is 0. The number of allylic oxidation sites excluding steroid dienone is 2. The maximum atomic E-state index is 15.1. The van der Waals surface area contributed by atoms with Crippen LogP contribution in [0.5, 0.6) is 0 Å². The molecule has 1 aromatic heterocycles. The number of halogens is 12. The molecule has 2 aliphatic rings. The highest BCUT2D eigenvalue weighted by atomic mass is 19.4. The molecular formula is C46H33F12N3O3. The summed E-state index contributed by atoms with van der Waals surface area (Å²) in [6.45, 7) is 13.2. The SMILES string of the molecule is C=CC1CC(CNc2ccc(-c3ccc(-n4c(=C)c5ccc(C(c6ccc7c(c6)C(=O)NC7=O)(C(F)(F)F)C(F)(F)F)cc5c4=C)cc3C(F)(F)F)c(C(F)(F)F)c2)C=C(C=O)[C@H]1C. The molecule has 4 aromatic carbocycles. The van der Waals surface area contributed by atoms with Crippen molar-refractivity contribution in [3.8, 4) is 16.8 Å². The fourth-order valence-electron chi connectivity index (χ4n) is 8.76. The van der Waals surface area contributed by atoms with E-state index in [0.29, 0.717) is 60.7 Å². The Morgan fingerprint density at radius 1 is 0.703 bits per heavy atom. The van der Waals surface area contributed by atoms with Gasteiger partial charge in [-0.1, -0.05) is 62.6 Å². The summed E-state index contributed by atoms with van der Waals surface area (Å²) in [6.07, 6.45) is -18.2. The van der Waals surface area contributed by atoms with Crippen LogP contribution in [0.15, 0.2) is 97.1 Å². The van der Waals surface area contributed by atoms with Crippen LogP contribution in [0.3, 0.4) is 0 Å². The lowest BCUT2D eigenvalue weighted by Crippen LogP contribution is -2.54. The number of alkyl halides is 12. The predicted molar refractivity (Wildman–Crippen MR) is 214 cm³/mol. The first kappa shape index (κ1) is 45.4. The summed E-state index contributed by atoms with van der Waals surface area (Å²) in [5.41, 5.74) is -13.7. The molecule has 6 nitrogen and oxygen atoms in total. The minimum Gasteiger partial charge on any atom is -0.384 e. The molecule has 0 radical (unpaired) electrons. The third-order valence-corrected chi connectivity index (χ3v) is 12.0. The van der Waals surface area contributed by atoms with Crippen LogP contribution >= 0.6 is 0 Å². The Labute approximate surface area is 355 Å². The van der Waals surface area contributed by atoms with Gasteiger partial charge in [-0.3, -0.25) is 19.7 Å². The number of aldehydes is 1. The largest absolute Gasteiger partial charge is 0.417 e. The highest BCUT2D eigenvalue weighted by Crippen LogP contribution is 2.57. The average molecular weight is 904 g/mol. The molecule has 0 bridgehead atoms. The van der Waals surface area contributed by atoms with Crippen LogP contribution in [0.1, 0.15) is 56.3 Å². The quantitative estimate of drug-likeness (QED) is 0.0668. The first-order valence-corrected chi connectivity index (χ1v) is 19.2. The lowest BCUT2D eigenvalue weighted by molar-refractivity contribution is -0.288. The zero-order valence-electron chi connectivity index (χ0n) is 33.1. The predicted octanol–water partition coefficient (Wildman–Crippen LogP) is 10.4. The van der Waals surface area contributed by atoms with Gasteiger partial charge in [-0.25, -0.2) is 0 Å². The summed E-state index contributed by atoms with van der Waals surface area (Å²) < 4.78 is 180. The number of rotatable bonds is 9. The molecule has 64 heavy (non-hydrogen) atoms. The third kappa shape index (κ3) is 7.45. The van der Waals surface area contributed by atoms with Gasteiger partial charge in [-0.2, -0.15) is 52.7 Å². The fraction of sp³-hybridized carbons (Fsp3) is 0.239. The van der Waals surface area contributed by atoms with E-state index in [9.17, 15) is 40.7 Å². The standard InChI is InChI=1S/C46H33F12N3O3/c1-5-26-14-25(15-27(21-62)22(26)2)20-59-30-8-12-33(38(18-30)43(47,48)49)34-13-9-31(19-39(34)44(50,51)52)61-23(3)32-10-6-28(16-36(32)24(61)4)42(45(53,54)55,46(56,57)58)29-7-11-35-37(17-29)41(64)60-40(35)63/h5-13,15-19,21-22,25-26,59H,1,3-4,14,20H2,2H3,(H,60,63,64)/t22-,25?,26?/m0/s1. The molecule has 1 aliphatic carbocycles. The second kappa shape index (κ2) is 15.6. The monoisotopic (exact) mass is 903 g/mol. The van der Waals surface area contributed by atoms with Crippen molar-refractivity contribution in [1.82, 2.24) is 9.88 Å². The number of carbonyl (C=O) groups is 3. The second-order valence-corrected chi connectivity index (χ2v) is 15.6. The number of hydrogen-bond acceptors (Lipinski definition) is 4. The van der Waals surface area contributed by atoms with Gasteiger partial charge in [0.25, 0.3) is 11.8 Å². The van der Waals surface area contributed by atoms with E-state index in [4.69, 9.17) is 0 Å². The van der Waals surface area contributed by atoms with E-state index in [2.05, 4.69) is 25.1 Å². The number of hydrogen-bond donors (Lipinski definition) is 2. The van der Waals surface area contributed by atoms with Crippen LogP contribution in [0, 0.1) is 17.8 Å². The average Bonchev–Trinajstić information content (AvgIpc) is 3.64. The van der Waals surface area contributed by atoms with Crippen molar-refractivity contribution in [1.29, 1.82) is 0 Å². The van der Waals surface area contributed by atoms with Gasteiger partial charge in [-0.05, 0) is 94.5 Å². The molecule has 1 aliphatic heterocycles. The van der Waals surface area contributed by atoms with Crippen molar-refractivity contribution in [2.75, 3.05) is 11.9 Å². The van der Waals surface area contributed by atoms with Gasteiger partial charge in [0, 0.05) is 39.4 Å². The van der Waals surface area contributed by atoms with Crippen LogP contribution in [0.25, 0.3) is 40.7 Å². The van der Waals surface area contributed by atoms with E-state index in [1.807, 2.05) is 6.92 Å². The van der Waals surface area contributed by atoms with Crippen LogP contribution < -0.4 is 21.3 Å². The number of nitrogens with zero attached hydrogens (tertiary/aromatic N) is 1. The second-order valence-electron chi connectivity index (χ2n) is 15.6. The summed E-state index contributed by atoms with van der Waals surface area (Å²) >= 11 is 0. The Bertz CT molecular complexity index is 2890. The number of amides is 2. The Balaban J connectivity index is 1.32. The Kier molecular flexibility index (Phi) is 11.1. The summed E-state index contributed by atoms with van der Waals surface area (Å²) in [5.74, 6) is -2.75. The lowest BCUT2D eigenvalue weighted by atomic mass is 9.72. The smallest absolute Gasteiger partial charge is 0.384 e. The van der Waals surface area contributed by atoms with Crippen LogP contribution in [0.4, 0.5) is 58.4 Å². The van der Waals surface area contributed by atoms with Crippen LogP contribution in [0.2, 0.25) is 0 Å². The summed E-state index contributed by atoms with van der Waals surface area (Å²) in [6, 6.07) is 8.09. The maximum absolute atomic E-state index is 15.1. The van der Waals surface area contributed by atoms with E-state index in [1.165, 1.54) is 0 Å². The normalized spacial score (nSPS) is 18.5. The summed E-state index contributed by atoms with van der Waals surface area (Å²) in [5, 5.41) is 3.47. The van der Waals surface area contributed by atoms with Crippen molar-refractivity contribution >= 4 is 47.7 Å². The van der Waals surface area contributed by atoms with Crippen molar-refractivity contribution < 1.29 is 67.1 Å². The number of nitrogens with one attached hydrogen (secondary N) is 2. The molecule has 7 rings (SSSR count). The van der Waals surface area contributed by atoms with E-state index in [0.717, 1.165) is 34.9 Å². The molecule has 2 N–H and O–H groups in total. The number of aromatic nitrogens is 1. The van der Waals surface area contributed by atoms with Crippen molar-refractivity contribution in [2.24, 2.45) is 17.8 Å². The van der Waals surface area contributed by atoms with E-state index < -0.39 is 103 Å². The van der Waals surface area contributed by atoms with Gasteiger partial charge in [0.05, 0.1) is 22.3 Å². The molecule has 334 valence electrons. The van der Waals surface area contributed by atoms with E-state index in [-0.39, 0.29) is 40.7 Å². The number of benzene rings is 4. The van der Waals surface area contributed by atoms with Gasteiger partial charge >= 0.3 is 24.7 Å². The molecular weight excluding hydrogens is 871 g/mol. The lowest BCUT2D eigenvalue weighted by Gasteiger charge is -2.38. The molecule has 0 spiro atoms. The number of anilines is 1. The molecule has 0 fully saturated rings. The van der Waals surface area contributed by atoms with Gasteiger partial charge in [0.2, 0.25) is 5.41 Å². The Morgan fingerprint density at radius 3 is 1.84 bits per heavy atom. The van der Waals surface area contributed by atoms with Crippen LogP contribution in [-0.2, 0) is 22.6 Å². The van der Waals surface area contributed by atoms with Gasteiger partial charge in [0.1, 0.15) is 6.29 Å². The van der Waals surface area contributed by atoms with Crippen LogP contribution in [-0.4, -0.2) is 41.6 Å². The first-order chi connectivity index (χ1) is 29.7. The fourth-order valence-corrected chi connectivity index (χ4v) is 8.76. The molecule has 0 saturated carbocycles. The minimum absolute atomic E-state index is 0.0743. The van der Waals surface area contributed by atoms with Gasteiger partial charge < -0.3 is 9.88 Å². The summed E-state index contributed by atoms with van der Waals surface area (Å²) in [4.78, 5) is 36.0. The zero-order valence-corrected chi connectivity index (χ0v) is 33.1. The van der Waals surface area contributed by atoms with Gasteiger partial charge in [-0.15, -0.1) is 6.58 Å². The maximum Gasteiger partial charge on any atom is 0.417 e. The highest BCUT2D eigenvalue weighted by Gasteiger charge is 2.72. The first-order valence-electron chi connectivity index (χ1n) is 19.2. The Hall–Kier alpha value is -6.59. The zero-order chi connectivity index (χ0) is 47.1.